The number of hydrogen-bond acceptors (Lipinski definition) is 4. The Morgan fingerprint density at radius 3 is 1.72 bits per heavy atom. The van der Waals surface area contributed by atoms with Gasteiger partial charge in [0, 0.05) is 24.8 Å². The maximum atomic E-state index is 11.3. The standard InChI is InChI=1S/C24H43N3O2/c1-3-5-7-9-11-13-15-19-25-22-17-18-24(27(28)29)23(21-22)26-20-16-14-12-10-8-6-4-2/h17-18,21,25-26H,3-16,19-20H2,1-2H3. The van der Waals surface area contributed by atoms with Gasteiger partial charge in [-0.25, -0.2) is 0 Å². The van der Waals surface area contributed by atoms with Gasteiger partial charge in [0.25, 0.3) is 5.69 Å². The van der Waals surface area contributed by atoms with Gasteiger partial charge in [0.05, 0.1) is 4.92 Å². The van der Waals surface area contributed by atoms with Crippen molar-refractivity contribution in [1.29, 1.82) is 0 Å². The molecule has 0 aromatic heterocycles. The second kappa shape index (κ2) is 17.1. The van der Waals surface area contributed by atoms with Gasteiger partial charge in [-0.3, -0.25) is 10.1 Å². The van der Waals surface area contributed by atoms with E-state index in [4.69, 9.17) is 0 Å². The SMILES string of the molecule is CCCCCCCCCNc1ccc([N+](=O)[O-])c(NCCCCCCCCC)c1. The van der Waals surface area contributed by atoms with E-state index in [1.165, 1.54) is 77.0 Å². The van der Waals surface area contributed by atoms with Crippen LogP contribution >= 0.6 is 0 Å². The molecule has 5 nitrogen and oxygen atoms in total. The fraction of sp³-hybridized carbons (Fsp3) is 0.750. The average molecular weight is 406 g/mol. The van der Waals surface area contributed by atoms with E-state index in [0.29, 0.717) is 5.69 Å². The van der Waals surface area contributed by atoms with Crippen LogP contribution in [0.1, 0.15) is 104 Å². The fourth-order valence-electron chi connectivity index (χ4n) is 3.57. The van der Waals surface area contributed by atoms with Gasteiger partial charge in [-0.05, 0) is 25.0 Å². The minimum absolute atomic E-state index is 0.161. The van der Waals surface area contributed by atoms with Crippen molar-refractivity contribution in [1.82, 2.24) is 0 Å². The smallest absolute Gasteiger partial charge is 0.292 e. The van der Waals surface area contributed by atoms with Crippen molar-refractivity contribution in [3.8, 4) is 0 Å². The average Bonchev–Trinajstić information content (AvgIpc) is 2.72. The molecule has 0 bridgehead atoms. The largest absolute Gasteiger partial charge is 0.385 e. The highest BCUT2D eigenvalue weighted by Gasteiger charge is 2.13. The van der Waals surface area contributed by atoms with Gasteiger partial charge < -0.3 is 10.6 Å². The third kappa shape index (κ3) is 12.4. The first kappa shape index (κ1) is 25.3. The Kier molecular flexibility index (Phi) is 14.9. The normalized spacial score (nSPS) is 10.8. The van der Waals surface area contributed by atoms with E-state index >= 15 is 0 Å². The summed E-state index contributed by atoms with van der Waals surface area (Å²) in [4.78, 5) is 11.0. The molecule has 1 rings (SSSR count). The van der Waals surface area contributed by atoms with E-state index in [0.717, 1.165) is 31.6 Å². The number of unbranched alkanes of at least 4 members (excludes halogenated alkanes) is 12. The van der Waals surface area contributed by atoms with Crippen molar-refractivity contribution in [2.45, 2.75) is 104 Å². The molecule has 0 atom stereocenters. The molecule has 0 aliphatic carbocycles. The number of nitrogens with zero attached hydrogens (tertiary/aromatic N) is 1. The van der Waals surface area contributed by atoms with Gasteiger partial charge in [0.15, 0.2) is 0 Å². The predicted molar refractivity (Wildman–Crippen MR) is 126 cm³/mol. The van der Waals surface area contributed by atoms with Crippen LogP contribution < -0.4 is 10.6 Å². The number of nitro benzene ring substituents is 1. The van der Waals surface area contributed by atoms with E-state index in [2.05, 4.69) is 24.5 Å². The molecule has 1 aromatic rings. The van der Waals surface area contributed by atoms with E-state index in [9.17, 15) is 10.1 Å². The summed E-state index contributed by atoms with van der Waals surface area (Å²) in [5, 5.41) is 18.0. The van der Waals surface area contributed by atoms with Crippen LogP contribution in [0.15, 0.2) is 18.2 Å². The summed E-state index contributed by atoms with van der Waals surface area (Å²) in [7, 11) is 0. The molecule has 0 aliphatic heterocycles. The lowest BCUT2D eigenvalue weighted by molar-refractivity contribution is -0.383. The lowest BCUT2D eigenvalue weighted by atomic mass is 10.1. The molecule has 0 heterocycles. The zero-order valence-electron chi connectivity index (χ0n) is 18.8. The van der Waals surface area contributed by atoms with Crippen molar-refractivity contribution < 1.29 is 4.92 Å². The van der Waals surface area contributed by atoms with Gasteiger partial charge in [-0.1, -0.05) is 90.9 Å². The molecule has 0 saturated carbocycles. The number of rotatable bonds is 19. The van der Waals surface area contributed by atoms with Gasteiger partial charge in [-0.2, -0.15) is 0 Å². The van der Waals surface area contributed by atoms with Crippen LogP contribution in [0.5, 0.6) is 0 Å². The quantitative estimate of drug-likeness (QED) is 0.139. The fourth-order valence-corrected chi connectivity index (χ4v) is 3.57. The molecule has 166 valence electrons. The zero-order chi connectivity index (χ0) is 21.2. The summed E-state index contributed by atoms with van der Waals surface area (Å²) in [6, 6.07) is 5.32. The Labute approximate surface area is 178 Å². The molecule has 0 aliphatic rings. The second-order valence-electron chi connectivity index (χ2n) is 8.09. The van der Waals surface area contributed by atoms with Crippen LogP contribution in [-0.4, -0.2) is 18.0 Å². The first-order valence-corrected chi connectivity index (χ1v) is 11.9. The van der Waals surface area contributed by atoms with E-state index < -0.39 is 0 Å². The molecule has 1 aromatic carbocycles. The molecular weight excluding hydrogens is 362 g/mol. The summed E-state index contributed by atoms with van der Waals surface area (Å²) >= 11 is 0. The first-order chi connectivity index (χ1) is 14.2. The van der Waals surface area contributed by atoms with Gasteiger partial charge in [-0.15, -0.1) is 0 Å². The van der Waals surface area contributed by atoms with Crippen molar-refractivity contribution in [3.05, 3.63) is 28.3 Å². The van der Waals surface area contributed by atoms with Gasteiger partial charge in [0.1, 0.15) is 5.69 Å². The molecule has 5 heteroatoms. The molecule has 0 fully saturated rings. The number of nitrogens with one attached hydrogen (secondary N) is 2. The minimum atomic E-state index is -0.298. The van der Waals surface area contributed by atoms with Crippen molar-refractivity contribution in [2.24, 2.45) is 0 Å². The Bertz CT molecular complexity index is 549. The molecule has 2 N–H and O–H groups in total. The lowest BCUT2D eigenvalue weighted by Crippen LogP contribution is -2.06. The van der Waals surface area contributed by atoms with Crippen molar-refractivity contribution >= 4 is 17.1 Å². The Morgan fingerprint density at radius 1 is 0.724 bits per heavy atom. The van der Waals surface area contributed by atoms with Crippen molar-refractivity contribution in [3.63, 3.8) is 0 Å². The monoisotopic (exact) mass is 405 g/mol. The Morgan fingerprint density at radius 2 is 1.21 bits per heavy atom. The van der Waals surface area contributed by atoms with Crippen LogP contribution in [0.25, 0.3) is 0 Å². The highest BCUT2D eigenvalue weighted by atomic mass is 16.6. The van der Waals surface area contributed by atoms with E-state index in [1.54, 1.807) is 6.07 Å². The Hall–Kier alpha value is -1.78. The van der Waals surface area contributed by atoms with Crippen LogP contribution in [-0.2, 0) is 0 Å². The molecule has 0 radical (unpaired) electrons. The van der Waals surface area contributed by atoms with E-state index in [-0.39, 0.29) is 10.6 Å². The molecule has 0 spiro atoms. The van der Waals surface area contributed by atoms with Crippen LogP contribution in [0.2, 0.25) is 0 Å². The highest BCUT2D eigenvalue weighted by molar-refractivity contribution is 5.68. The molecule has 29 heavy (non-hydrogen) atoms. The van der Waals surface area contributed by atoms with Gasteiger partial charge >= 0.3 is 0 Å². The topological polar surface area (TPSA) is 67.2 Å². The molecule has 0 saturated heterocycles. The lowest BCUT2D eigenvalue weighted by Gasteiger charge is -2.11. The summed E-state index contributed by atoms with van der Waals surface area (Å²) in [6.45, 7) is 6.18. The zero-order valence-corrected chi connectivity index (χ0v) is 18.8. The third-order valence-electron chi connectivity index (χ3n) is 5.40. The maximum absolute atomic E-state index is 11.3. The summed E-state index contributed by atoms with van der Waals surface area (Å²) < 4.78 is 0. The molecule has 0 amide bonds. The molecule has 0 unspecified atom stereocenters. The number of anilines is 2. The van der Waals surface area contributed by atoms with E-state index in [1.807, 2.05) is 12.1 Å². The number of benzene rings is 1. The second-order valence-corrected chi connectivity index (χ2v) is 8.09. The summed E-state index contributed by atoms with van der Waals surface area (Å²) in [5.41, 5.74) is 1.75. The van der Waals surface area contributed by atoms with Crippen molar-refractivity contribution in [2.75, 3.05) is 23.7 Å². The summed E-state index contributed by atoms with van der Waals surface area (Å²) in [6.07, 6.45) is 17.7. The van der Waals surface area contributed by atoms with Gasteiger partial charge in [0.2, 0.25) is 0 Å². The van der Waals surface area contributed by atoms with Crippen LogP contribution in [0.3, 0.4) is 0 Å². The minimum Gasteiger partial charge on any atom is -0.385 e. The number of hydrogen-bond donors (Lipinski definition) is 2. The molecular formula is C24H43N3O2. The third-order valence-corrected chi connectivity index (χ3v) is 5.40. The Balaban J connectivity index is 2.32. The number of nitro groups is 1. The highest BCUT2D eigenvalue weighted by Crippen LogP contribution is 2.28. The first-order valence-electron chi connectivity index (χ1n) is 11.9. The maximum Gasteiger partial charge on any atom is 0.292 e. The predicted octanol–water partition coefficient (Wildman–Crippen LogP) is 7.92. The van der Waals surface area contributed by atoms with Crippen LogP contribution in [0, 0.1) is 10.1 Å². The summed E-state index contributed by atoms with van der Waals surface area (Å²) in [5.74, 6) is 0. The van der Waals surface area contributed by atoms with Crippen LogP contribution in [0.4, 0.5) is 17.1 Å².